The molecular formula is C13H13BrOS. The Morgan fingerprint density at radius 1 is 1.19 bits per heavy atom. The number of benzene rings is 1. The van der Waals surface area contributed by atoms with Gasteiger partial charge in [-0.05, 0) is 36.4 Å². The van der Waals surface area contributed by atoms with E-state index in [-0.39, 0.29) is 0 Å². The predicted molar refractivity (Wildman–Crippen MR) is 72.0 cm³/mol. The molecule has 1 atom stereocenters. The second kappa shape index (κ2) is 4.70. The van der Waals surface area contributed by atoms with E-state index in [0.717, 1.165) is 26.0 Å². The molecule has 1 unspecified atom stereocenters. The van der Waals surface area contributed by atoms with Gasteiger partial charge in [0.2, 0.25) is 0 Å². The third-order valence-corrected chi connectivity index (χ3v) is 4.82. The second-order valence-corrected chi connectivity index (χ2v) is 5.59. The smallest absolute Gasteiger partial charge is 0.115 e. The molecule has 3 heteroatoms. The fraction of sp³-hybridized carbons (Fsp3) is 0.231. The zero-order chi connectivity index (χ0) is 11.7. The number of rotatable bonds is 2. The van der Waals surface area contributed by atoms with Crippen LogP contribution < -0.4 is 0 Å². The molecule has 0 aliphatic heterocycles. The molecule has 0 spiro atoms. The van der Waals surface area contributed by atoms with Gasteiger partial charge in [-0.3, -0.25) is 0 Å². The first-order valence-electron chi connectivity index (χ1n) is 5.08. The zero-order valence-electron chi connectivity index (χ0n) is 9.20. The lowest BCUT2D eigenvalue weighted by Gasteiger charge is -2.13. The van der Waals surface area contributed by atoms with Crippen molar-refractivity contribution in [2.75, 3.05) is 0 Å². The van der Waals surface area contributed by atoms with Crippen LogP contribution in [0.2, 0.25) is 0 Å². The summed E-state index contributed by atoms with van der Waals surface area (Å²) in [6.45, 7) is 4.06. The summed E-state index contributed by atoms with van der Waals surface area (Å²) < 4.78 is 0.996. The van der Waals surface area contributed by atoms with Crippen LogP contribution in [0.3, 0.4) is 0 Å². The molecule has 84 valence electrons. The molecule has 2 rings (SSSR count). The van der Waals surface area contributed by atoms with Gasteiger partial charge in [-0.15, -0.1) is 11.3 Å². The molecule has 1 aromatic heterocycles. The van der Waals surface area contributed by atoms with Crippen LogP contribution in [-0.4, -0.2) is 5.11 Å². The first kappa shape index (κ1) is 11.8. The summed E-state index contributed by atoms with van der Waals surface area (Å²) in [6, 6.07) is 8.00. The Kier molecular flexibility index (Phi) is 3.47. The Morgan fingerprint density at radius 2 is 1.94 bits per heavy atom. The van der Waals surface area contributed by atoms with Crippen LogP contribution in [0.4, 0.5) is 0 Å². The van der Waals surface area contributed by atoms with Crippen LogP contribution in [0.5, 0.6) is 0 Å². The lowest BCUT2D eigenvalue weighted by Crippen LogP contribution is -2.00. The SMILES string of the molecule is Cc1ccsc1C(O)c1cccc(C)c1Br. The van der Waals surface area contributed by atoms with E-state index in [2.05, 4.69) is 15.9 Å². The Bertz CT molecular complexity index is 504. The van der Waals surface area contributed by atoms with Crippen LogP contribution in [0, 0.1) is 13.8 Å². The minimum Gasteiger partial charge on any atom is -0.383 e. The van der Waals surface area contributed by atoms with Crippen molar-refractivity contribution < 1.29 is 5.11 Å². The summed E-state index contributed by atoms with van der Waals surface area (Å²) in [6.07, 6.45) is -0.533. The van der Waals surface area contributed by atoms with Crippen LogP contribution in [0.15, 0.2) is 34.1 Å². The molecule has 0 radical (unpaired) electrons. The van der Waals surface area contributed by atoms with Crippen molar-refractivity contribution in [2.24, 2.45) is 0 Å². The monoisotopic (exact) mass is 296 g/mol. The topological polar surface area (TPSA) is 20.2 Å². The van der Waals surface area contributed by atoms with E-state index in [4.69, 9.17) is 0 Å². The molecule has 16 heavy (non-hydrogen) atoms. The molecule has 0 bridgehead atoms. The van der Waals surface area contributed by atoms with E-state index in [1.165, 1.54) is 0 Å². The Labute approximate surface area is 108 Å². The number of thiophene rings is 1. The highest BCUT2D eigenvalue weighted by Gasteiger charge is 2.17. The molecule has 1 aromatic carbocycles. The quantitative estimate of drug-likeness (QED) is 0.880. The van der Waals surface area contributed by atoms with E-state index < -0.39 is 6.10 Å². The van der Waals surface area contributed by atoms with Crippen molar-refractivity contribution in [3.63, 3.8) is 0 Å². The number of aliphatic hydroxyl groups is 1. The van der Waals surface area contributed by atoms with E-state index >= 15 is 0 Å². The van der Waals surface area contributed by atoms with Crippen LogP contribution in [0.1, 0.15) is 27.7 Å². The Hall–Kier alpha value is -0.640. The lowest BCUT2D eigenvalue weighted by molar-refractivity contribution is 0.222. The van der Waals surface area contributed by atoms with E-state index in [1.807, 2.05) is 43.5 Å². The van der Waals surface area contributed by atoms with Gasteiger partial charge in [-0.2, -0.15) is 0 Å². The van der Waals surface area contributed by atoms with Crippen molar-refractivity contribution in [1.82, 2.24) is 0 Å². The first-order chi connectivity index (χ1) is 7.61. The Balaban J connectivity index is 2.46. The van der Waals surface area contributed by atoms with Crippen molar-refractivity contribution >= 4 is 27.3 Å². The molecule has 1 N–H and O–H groups in total. The molecule has 0 fully saturated rings. The number of hydrogen-bond donors (Lipinski definition) is 1. The molecular weight excluding hydrogens is 284 g/mol. The van der Waals surface area contributed by atoms with Crippen molar-refractivity contribution in [3.05, 3.63) is 55.7 Å². The summed E-state index contributed by atoms with van der Waals surface area (Å²) in [5.41, 5.74) is 3.22. The molecule has 0 amide bonds. The van der Waals surface area contributed by atoms with Crippen LogP contribution in [0.25, 0.3) is 0 Å². The zero-order valence-corrected chi connectivity index (χ0v) is 11.6. The average molecular weight is 297 g/mol. The third-order valence-electron chi connectivity index (χ3n) is 2.67. The van der Waals surface area contributed by atoms with E-state index in [1.54, 1.807) is 11.3 Å². The molecule has 1 heterocycles. The maximum atomic E-state index is 10.3. The summed E-state index contributed by atoms with van der Waals surface area (Å²) in [5.74, 6) is 0. The number of hydrogen-bond acceptors (Lipinski definition) is 2. The van der Waals surface area contributed by atoms with Crippen LogP contribution >= 0.6 is 27.3 Å². The fourth-order valence-electron chi connectivity index (χ4n) is 1.69. The molecule has 2 aromatic rings. The summed E-state index contributed by atoms with van der Waals surface area (Å²) in [4.78, 5) is 1.02. The predicted octanol–water partition coefficient (Wildman–Crippen LogP) is 4.21. The number of aryl methyl sites for hydroxylation is 2. The molecule has 0 saturated carbocycles. The average Bonchev–Trinajstić information content (AvgIpc) is 2.68. The fourth-order valence-corrected chi connectivity index (χ4v) is 3.10. The molecule has 0 saturated heterocycles. The van der Waals surface area contributed by atoms with Crippen molar-refractivity contribution in [2.45, 2.75) is 20.0 Å². The number of aliphatic hydroxyl groups excluding tert-OH is 1. The van der Waals surface area contributed by atoms with Gasteiger partial charge in [-0.1, -0.05) is 34.1 Å². The van der Waals surface area contributed by atoms with Gasteiger partial charge >= 0.3 is 0 Å². The van der Waals surface area contributed by atoms with Gasteiger partial charge in [0.25, 0.3) is 0 Å². The van der Waals surface area contributed by atoms with Gasteiger partial charge in [0, 0.05) is 14.9 Å². The second-order valence-electron chi connectivity index (χ2n) is 3.85. The maximum Gasteiger partial charge on any atom is 0.115 e. The van der Waals surface area contributed by atoms with Crippen LogP contribution in [-0.2, 0) is 0 Å². The van der Waals surface area contributed by atoms with Gasteiger partial charge in [0.05, 0.1) is 0 Å². The van der Waals surface area contributed by atoms with E-state index in [0.29, 0.717) is 0 Å². The van der Waals surface area contributed by atoms with Gasteiger partial charge in [0.15, 0.2) is 0 Å². The highest BCUT2D eigenvalue weighted by atomic mass is 79.9. The summed E-state index contributed by atoms with van der Waals surface area (Å²) in [5, 5.41) is 12.4. The largest absolute Gasteiger partial charge is 0.383 e. The summed E-state index contributed by atoms with van der Waals surface area (Å²) >= 11 is 5.13. The Morgan fingerprint density at radius 3 is 2.56 bits per heavy atom. The maximum absolute atomic E-state index is 10.3. The standard InChI is InChI=1S/C13H13BrOS/c1-8-4-3-5-10(11(8)14)12(15)13-9(2)6-7-16-13/h3-7,12,15H,1-2H3. The van der Waals surface area contributed by atoms with Gasteiger partial charge in [-0.25, -0.2) is 0 Å². The molecule has 0 aliphatic carbocycles. The highest BCUT2D eigenvalue weighted by Crippen LogP contribution is 2.34. The molecule has 1 nitrogen and oxygen atoms in total. The van der Waals surface area contributed by atoms with E-state index in [9.17, 15) is 5.11 Å². The highest BCUT2D eigenvalue weighted by molar-refractivity contribution is 9.10. The van der Waals surface area contributed by atoms with Gasteiger partial charge < -0.3 is 5.11 Å². The van der Waals surface area contributed by atoms with Crippen molar-refractivity contribution in [3.8, 4) is 0 Å². The van der Waals surface area contributed by atoms with Gasteiger partial charge in [0.1, 0.15) is 6.10 Å². The number of halogens is 1. The minimum atomic E-state index is -0.533. The van der Waals surface area contributed by atoms with Crippen molar-refractivity contribution in [1.29, 1.82) is 0 Å². The first-order valence-corrected chi connectivity index (χ1v) is 6.75. The molecule has 0 aliphatic rings. The third kappa shape index (κ3) is 2.08. The normalized spacial score (nSPS) is 12.8. The lowest BCUT2D eigenvalue weighted by atomic mass is 10.0. The minimum absolute atomic E-state index is 0.533. The summed E-state index contributed by atoms with van der Waals surface area (Å²) in [7, 11) is 0.